The Balaban J connectivity index is 1.54. The lowest BCUT2D eigenvalue weighted by molar-refractivity contribution is -0.118. The van der Waals surface area contributed by atoms with Crippen LogP contribution in [0.15, 0.2) is 66.7 Å². The number of para-hydroxylation sites is 2. The summed E-state index contributed by atoms with van der Waals surface area (Å²) in [6.07, 6.45) is 0.0377. The molecule has 1 aliphatic heterocycles. The summed E-state index contributed by atoms with van der Waals surface area (Å²) in [6, 6.07) is 18.3. The number of benzene rings is 3. The molecule has 3 aromatic rings. The second-order valence-corrected chi connectivity index (χ2v) is 7.79. The van der Waals surface area contributed by atoms with E-state index in [9.17, 15) is 19.2 Å². The molecule has 0 aliphatic carbocycles. The lowest BCUT2D eigenvalue weighted by atomic mass is 10.1. The molecule has 1 heterocycles. The third-order valence-electron chi connectivity index (χ3n) is 5.47. The molecule has 0 unspecified atom stereocenters. The van der Waals surface area contributed by atoms with Crippen LogP contribution in [0, 0.1) is 0 Å². The molecule has 0 saturated carbocycles. The first-order valence-corrected chi connectivity index (χ1v) is 10.8. The third kappa shape index (κ3) is 4.98. The maximum absolute atomic E-state index is 13.2. The summed E-state index contributed by atoms with van der Waals surface area (Å²) in [6.45, 7) is 0.0741. The quantitative estimate of drug-likeness (QED) is 0.460. The Morgan fingerprint density at radius 2 is 1.57 bits per heavy atom. The Bertz CT molecular complexity index is 1280. The van der Waals surface area contributed by atoms with Crippen molar-refractivity contribution in [3.63, 3.8) is 0 Å². The van der Waals surface area contributed by atoms with Gasteiger partial charge < -0.3 is 20.5 Å². The van der Waals surface area contributed by atoms with Crippen molar-refractivity contribution in [1.82, 2.24) is 4.90 Å². The van der Waals surface area contributed by atoms with E-state index in [1.54, 1.807) is 66.7 Å². The number of carbonyl (C=O) groups excluding carboxylic acids is 4. The van der Waals surface area contributed by atoms with Crippen LogP contribution < -0.4 is 20.5 Å². The number of nitrogens with zero attached hydrogens (tertiary/aromatic N) is 1. The summed E-state index contributed by atoms with van der Waals surface area (Å²) in [4.78, 5) is 50.7. The maximum Gasteiger partial charge on any atom is 0.261 e. The van der Waals surface area contributed by atoms with Crippen LogP contribution in [0.5, 0.6) is 11.5 Å². The van der Waals surface area contributed by atoms with Crippen molar-refractivity contribution >= 4 is 29.3 Å². The Morgan fingerprint density at radius 3 is 2.23 bits per heavy atom. The summed E-state index contributed by atoms with van der Waals surface area (Å²) in [5.41, 5.74) is 7.06. The number of primary amides is 1. The minimum absolute atomic E-state index is 0.00341. The molecule has 9 heteroatoms. The van der Waals surface area contributed by atoms with Crippen molar-refractivity contribution in [3.8, 4) is 11.5 Å². The van der Waals surface area contributed by atoms with Crippen molar-refractivity contribution < 1.29 is 28.7 Å². The molecule has 0 saturated heterocycles. The van der Waals surface area contributed by atoms with E-state index in [0.29, 0.717) is 33.9 Å². The topological polar surface area (TPSA) is 128 Å². The average Bonchev–Trinajstić information content (AvgIpc) is 3.09. The van der Waals surface area contributed by atoms with Gasteiger partial charge in [-0.1, -0.05) is 30.3 Å². The van der Waals surface area contributed by atoms with Gasteiger partial charge in [-0.25, -0.2) is 0 Å². The Labute approximate surface area is 201 Å². The number of anilines is 1. The van der Waals surface area contributed by atoms with Crippen LogP contribution in [0.4, 0.5) is 5.69 Å². The lowest BCUT2D eigenvalue weighted by Crippen LogP contribution is -2.29. The first kappa shape index (κ1) is 23.5. The van der Waals surface area contributed by atoms with Gasteiger partial charge in [-0.05, 0) is 42.0 Å². The Morgan fingerprint density at radius 1 is 0.914 bits per heavy atom. The minimum Gasteiger partial charge on any atom is -0.496 e. The highest BCUT2D eigenvalue weighted by atomic mass is 16.5. The fourth-order valence-corrected chi connectivity index (χ4v) is 3.74. The molecule has 0 atom stereocenters. The molecule has 9 nitrogen and oxygen atoms in total. The van der Waals surface area contributed by atoms with E-state index >= 15 is 0 Å². The molecule has 0 aromatic heterocycles. The van der Waals surface area contributed by atoms with Crippen LogP contribution in [0.2, 0.25) is 0 Å². The van der Waals surface area contributed by atoms with Gasteiger partial charge in [0, 0.05) is 0 Å². The van der Waals surface area contributed by atoms with Crippen LogP contribution in [0.1, 0.15) is 43.1 Å². The number of ether oxygens (including phenoxy) is 2. The fourth-order valence-electron chi connectivity index (χ4n) is 3.74. The first-order valence-electron chi connectivity index (χ1n) is 10.8. The number of hydrogen-bond acceptors (Lipinski definition) is 6. The average molecular weight is 473 g/mol. The number of nitrogens with two attached hydrogens (primary N) is 1. The van der Waals surface area contributed by atoms with Crippen molar-refractivity contribution in [1.29, 1.82) is 0 Å². The van der Waals surface area contributed by atoms with Crippen molar-refractivity contribution in [2.45, 2.75) is 13.0 Å². The highest BCUT2D eigenvalue weighted by molar-refractivity contribution is 6.21. The van der Waals surface area contributed by atoms with E-state index in [0.717, 1.165) is 4.90 Å². The number of carbonyl (C=O) groups is 4. The van der Waals surface area contributed by atoms with E-state index in [2.05, 4.69) is 5.32 Å². The van der Waals surface area contributed by atoms with Gasteiger partial charge in [-0.3, -0.25) is 24.1 Å². The summed E-state index contributed by atoms with van der Waals surface area (Å²) >= 11 is 0. The van der Waals surface area contributed by atoms with Crippen molar-refractivity contribution in [2.75, 3.05) is 19.0 Å². The van der Waals surface area contributed by atoms with E-state index in [1.165, 1.54) is 7.11 Å². The largest absolute Gasteiger partial charge is 0.496 e. The first-order chi connectivity index (χ1) is 16.9. The standard InChI is InChI=1S/C26H23N3O6/c1-34-21-11-10-16(15-29-25(32)17-6-2-3-7-18(17)26(29)33)14-19(21)24(31)28-20-8-4-5-9-22(20)35-13-12-23(27)30/h2-11,14H,12-13,15H2,1H3,(H2,27,30)(H,28,31). The molecule has 1 aliphatic rings. The van der Waals surface area contributed by atoms with E-state index in [1.807, 2.05) is 0 Å². The second kappa shape index (κ2) is 10.1. The van der Waals surface area contributed by atoms with Crippen molar-refractivity contribution in [2.24, 2.45) is 5.73 Å². The SMILES string of the molecule is COc1ccc(CN2C(=O)c3ccccc3C2=O)cc1C(=O)Nc1ccccc1OCCC(N)=O. The summed E-state index contributed by atoms with van der Waals surface area (Å²) < 4.78 is 10.9. The molecule has 35 heavy (non-hydrogen) atoms. The van der Waals surface area contributed by atoms with Crippen molar-refractivity contribution in [3.05, 3.63) is 89.0 Å². The zero-order chi connectivity index (χ0) is 24.9. The molecular formula is C26H23N3O6. The molecule has 0 fully saturated rings. The summed E-state index contributed by atoms with van der Waals surface area (Å²) in [5.74, 6) is -1.03. The van der Waals surface area contributed by atoms with E-state index in [-0.39, 0.29) is 37.0 Å². The maximum atomic E-state index is 13.2. The van der Waals surface area contributed by atoms with Gasteiger partial charge in [0.25, 0.3) is 17.7 Å². The fraction of sp³-hybridized carbons (Fsp3) is 0.154. The second-order valence-electron chi connectivity index (χ2n) is 7.79. The van der Waals surface area contributed by atoms with Crippen LogP contribution in [0.25, 0.3) is 0 Å². The molecule has 3 N–H and O–H groups in total. The third-order valence-corrected chi connectivity index (χ3v) is 5.47. The van der Waals surface area contributed by atoms with E-state index in [4.69, 9.17) is 15.2 Å². The van der Waals surface area contributed by atoms with Gasteiger partial charge in [-0.2, -0.15) is 0 Å². The number of hydrogen-bond donors (Lipinski definition) is 2. The number of methoxy groups -OCH3 is 1. The molecule has 0 radical (unpaired) electrons. The lowest BCUT2D eigenvalue weighted by Gasteiger charge is -2.17. The zero-order valence-electron chi connectivity index (χ0n) is 18.9. The summed E-state index contributed by atoms with van der Waals surface area (Å²) in [5, 5.41) is 2.78. The van der Waals surface area contributed by atoms with Gasteiger partial charge in [0.05, 0.1) is 49.1 Å². The molecule has 4 rings (SSSR count). The molecule has 4 amide bonds. The predicted molar refractivity (Wildman–Crippen MR) is 127 cm³/mol. The number of amides is 4. The number of fused-ring (bicyclic) bond motifs is 1. The van der Waals surface area contributed by atoms with Gasteiger partial charge in [0.15, 0.2) is 0 Å². The van der Waals surface area contributed by atoms with Crippen LogP contribution in [-0.2, 0) is 11.3 Å². The normalized spacial score (nSPS) is 12.3. The summed E-state index contributed by atoms with van der Waals surface area (Å²) in [7, 11) is 1.44. The smallest absolute Gasteiger partial charge is 0.261 e. The van der Waals surface area contributed by atoms with Crippen LogP contribution >= 0.6 is 0 Å². The molecule has 0 spiro atoms. The van der Waals surface area contributed by atoms with Gasteiger partial charge in [0.1, 0.15) is 11.5 Å². The molecule has 0 bridgehead atoms. The molecule has 3 aromatic carbocycles. The highest BCUT2D eigenvalue weighted by Crippen LogP contribution is 2.29. The Hall–Kier alpha value is -4.66. The van der Waals surface area contributed by atoms with Crippen LogP contribution in [0.3, 0.4) is 0 Å². The molecule has 178 valence electrons. The van der Waals surface area contributed by atoms with Gasteiger partial charge >= 0.3 is 0 Å². The predicted octanol–water partition coefficient (Wildman–Crippen LogP) is 3.00. The van der Waals surface area contributed by atoms with Gasteiger partial charge in [0.2, 0.25) is 5.91 Å². The number of imide groups is 1. The van der Waals surface area contributed by atoms with Gasteiger partial charge in [-0.15, -0.1) is 0 Å². The van der Waals surface area contributed by atoms with Crippen LogP contribution in [-0.4, -0.2) is 42.2 Å². The Kier molecular flexibility index (Phi) is 6.77. The zero-order valence-corrected chi connectivity index (χ0v) is 18.9. The molecular weight excluding hydrogens is 450 g/mol. The highest BCUT2D eigenvalue weighted by Gasteiger charge is 2.35. The number of rotatable bonds is 9. The minimum atomic E-state index is -0.494. The monoisotopic (exact) mass is 473 g/mol. The number of nitrogens with one attached hydrogen (secondary N) is 1. The van der Waals surface area contributed by atoms with E-state index < -0.39 is 11.8 Å².